The molecule has 0 N–H and O–H groups in total. The largest absolute Gasteiger partial charge is 0.573 e. The van der Waals surface area contributed by atoms with Crippen LogP contribution in [0.1, 0.15) is 6.42 Å². The first kappa shape index (κ1) is 10.9. The summed E-state index contributed by atoms with van der Waals surface area (Å²) in [6.07, 6.45) is 0.260. The lowest BCUT2D eigenvalue weighted by molar-refractivity contribution is -0.274. The van der Waals surface area contributed by atoms with Gasteiger partial charge in [-0.25, -0.2) is 0 Å². The molecule has 0 amide bonds. The number of hydrogen-bond acceptors (Lipinski definition) is 2. The summed E-state index contributed by atoms with van der Waals surface area (Å²) in [5.41, 5.74) is 0.864. The van der Waals surface area contributed by atoms with Crippen molar-refractivity contribution < 1.29 is 17.9 Å². The van der Waals surface area contributed by atoms with Crippen LogP contribution in [0.2, 0.25) is 0 Å². The van der Waals surface area contributed by atoms with E-state index in [2.05, 4.69) is 4.74 Å². The van der Waals surface area contributed by atoms with E-state index in [0.29, 0.717) is 0 Å². The van der Waals surface area contributed by atoms with E-state index < -0.39 is 6.36 Å². The quantitative estimate of drug-likeness (QED) is 0.771. The summed E-state index contributed by atoms with van der Waals surface area (Å²) in [6.45, 7) is 0.861. The van der Waals surface area contributed by atoms with Crippen LogP contribution in [0.4, 0.5) is 18.9 Å². The normalized spacial score (nSPS) is 15.6. The summed E-state index contributed by atoms with van der Waals surface area (Å²) >= 11 is 0. The van der Waals surface area contributed by atoms with Gasteiger partial charge >= 0.3 is 6.36 Å². The lowest BCUT2D eigenvalue weighted by Gasteiger charge is -2.16. The van der Waals surface area contributed by atoms with E-state index in [4.69, 9.17) is 0 Å². The van der Waals surface area contributed by atoms with Crippen LogP contribution in [0.5, 0.6) is 5.75 Å². The molecule has 1 aliphatic heterocycles. The molecule has 0 saturated carbocycles. The van der Waals surface area contributed by atoms with Crippen LogP contribution < -0.4 is 9.64 Å². The topological polar surface area (TPSA) is 12.5 Å². The Morgan fingerprint density at radius 2 is 1.81 bits per heavy atom. The fourth-order valence-electron chi connectivity index (χ4n) is 1.54. The Labute approximate surface area is 90.9 Å². The second-order valence-electron chi connectivity index (χ2n) is 3.41. The number of rotatable bonds is 2. The zero-order valence-corrected chi connectivity index (χ0v) is 8.37. The summed E-state index contributed by atoms with van der Waals surface area (Å²) in [6, 6.07) is 5.84. The number of hydrogen-bond donors (Lipinski definition) is 0. The maximum Gasteiger partial charge on any atom is 0.573 e. The number of nitrogens with zero attached hydrogens (tertiary/aromatic N) is 1. The molecule has 0 atom stereocenters. The van der Waals surface area contributed by atoms with Crippen molar-refractivity contribution in [3.05, 3.63) is 36.5 Å². The molecule has 0 fully saturated rings. The smallest absolute Gasteiger partial charge is 0.406 e. The molecule has 1 aliphatic rings. The molecule has 0 saturated heterocycles. The SMILES string of the molecule is FC(F)(F)Oc1ccc(N2C=CCC2)cc1. The van der Waals surface area contributed by atoms with Crippen molar-refractivity contribution in [1.29, 1.82) is 0 Å². The molecule has 0 spiro atoms. The first-order valence-electron chi connectivity index (χ1n) is 4.84. The summed E-state index contributed by atoms with van der Waals surface area (Å²) in [4.78, 5) is 1.97. The van der Waals surface area contributed by atoms with Crippen molar-refractivity contribution in [2.45, 2.75) is 12.8 Å². The highest BCUT2D eigenvalue weighted by molar-refractivity contribution is 5.52. The summed E-state index contributed by atoms with van der Waals surface area (Å²) < 4.78 is 39.5. The molecule has 2 rings (SSSR count). The molecule has 16 heavy (non-hydrogen) atoms. The number of benzene rings is 1. The standard InChI is InChI=1S/C11H10F3NO/c12-11(13,14)16-10-5-3-9(4-6-10)15-7-1-2-8-15/h1,3-7H,2,8H2. The molecule has 1 heterocycles. The lowest BCUT2D eigenvalue weighted by Crippen LogP contribution is -2.17. The van der Waals surface area contributed by atoms with Crippen molar-refractivity contribution in [2.24, 2.45) is 0 Å². The molecule has 1 aromatic carbocycles. The molecule has 5 heteroatoms. The van der Waals surface area contributed by atoms with Crippen LogP contribution in [0.25, 0.3) is 0 Å². The fraction of sp³-hybridized carbons (Fsp3) is 0.273. The van der Waals surface area contributed by atoms with Crippen LogP contribution in [-0.2, 0) is 0 Å². The van der Waals surface area contributed by atoms with Gasteiger partial charge < -0.3 is 9.64 Å². The van der Waals surface area contributed by atoms with Crippen LogP contribution in [0.15, 0.2) is 36.5 Å². The molecule has 0 radical (unpaired) electrons. The minimum atomic E-state index is -4.63. The van der Waals surface area contributed by atoms with E-state index in [1.165, 1.54) is 12.1 Å². The minimum absolute atomic E-state index is 0.195. The zero-order chi connectivity index (χ0) is 11.6. The average molecular weight is 229 g/mol. The maximum absolute atomic E-state index is 11.9. The van der Waals surface area contributed by atoms with E-state index in [-0.39, 0.29) is 5.75 Å². The van der Waals surface area contributed by atoms with E-state index in [1.807, 2.05) is 17.2 Å². The Bertz CT molecular complexity index is 383. The van der Waals surface area contributed by atoms with Gasteiger partial charge in [0.25, 0.3) is 0 Å². The van der Waals surface area contributed by atoms with Gasteiger partial charge in [0.05, 0.1) is 0 Å². The Morgan fingerprint density at radius 1 is 1.12 bits per heavy atom. The number of anilines is 1. The molecule has 1 aromatic rings. The van der Waals surface area contributed by atoms with Crippen molar-refractivity contribution in [3.8, 4) is 5.75 Å². The Balaban J connectivity index is 2.07. The second kappa shape index (κ2) is 4.08. The molecule has 0 unspecified atom stereocenters. The molecule has 2 nitrogen and oxygen atoms in total. The fourth-order valence-corrected chi connectivity index (χ4v) is 1.54. The molecule has 0 aliphatic carbocycles. The highest BCUT2D eigenvalue weighted by Crippen LogP contribution is 2.26. The van der Waals surface area contributed by atoms with Gasteiger partial charge in [-0.05, 0) is 30.7 Å². The number of halogens is 3. The van der Waals surface area contributed by atoms with E-state index in [1.54, 1.807) is 12.1 Å². The van der Waals surface area contributed by atoms with E-state index in [0.717, 1.165) is 18.7 Å². The Morgan fingerprint density at radius 3 is 2.31 bits per heavy atom. The maximum atomic E-state index is 11.9. The van der Waals surface area contributed by atoms with Crippen molar-refractivity contribution in [1.82, 2.24) is 0 Å². The van der Waals surface area contributed by atoms with Gasteiger partial charge in [-0.2, -0.15) is 0 Å². The number of alkyl halides is 3. The number of ether oxygens (including phenoxy) is 1. The van der Waals surface area contributed by atoms with Crippen LogP contribution >= 0.6 is 0 Å². The second-order valence-corrected chi connectivity index (χ2v) is 3.41. The van der Waals surface area contributed by atoms with Gasteiger partial charge in [0.15, 0.2) is 0 Å². The molecular formula is C11H10F3NO. The van der Waals surface area contributed by atoms with Gasteiger partial charge in [-0.15, -0.1) is 13.2 Å². The third-order valence-corrected chi connectivity index (χ3v) is 2.22. The highest BCUT2D eigenvalue weighted by Gasteiger charge is 2.30. The van der Waals surface area contributed by atoms with Gasteiger partial charge in [-0.3, -0.25) is 0 Å². The first-order valence-corrected chi connectivity index (χ1v) is 4.84. The Kier molecular flexibility index (Phi) is 2.77. The van der Waals surface area contributed by atoms with Crippen molar-refractivity contribution in [2.75, 3.05) is 11.4 Å². The highest BCUT2D eigenvalue weighted by atomic mass is 19.4. The van der Waals surface area contributed by atoms with Crippen molar-refractivity contribution in [3.63, 3.8) is 0 Å². The first-order chi connectivity index (χ1) is 7.54. The predicted octanol–water partition coefficient (Wildman–Crippen LogP) is 3.31. The van der Waals surface area contributed by atoms with Crippen LogP contribution in [-0.4, -0.2) is 12.9 Å². The van der Waals surface area contributed by atoms with Gasteiger partial charge in [0, 0.05) is 18.4 Å². The minimum Gasteiger partial charge on any atom is -0.406 e. The van der Waals surface area contributed by atoms with E-state index >= 15 is 0 Å². The zero-order valence-electron chi connectivity index (χ0n) is 8.37. The predicted molar refractivity (Wildman–Crippen MR) is 54.2 cm³/mol. The molecule has 86 valence electrons. The molecule has 0 aromatic heterocycles. The Hall–Kier alpha value is -1.65. The van der Waals surface area contributed by atoms with Crippen LogP contribution in [0.3, 0.4) is 0 Å². The van der Waals surface area contributed by atoms with Gasteiger partial charge in [0.1, 0.15) is 5.75 Å². The molecular weight excluding hydrogens is 219 g/mol. The monoisotopic (exact) mass is 229 g/mol. The van der Waals surface area contributed by atoms with Crippen LogP contribution in [0, 0.1) is 0 Å². The van der Waals surface area contributed by atoms with E-state index in [9.17, 15) is 13.2 Å². The van der Waals surface area contributed by atoms with Gasteiger partial charge in [0.2, 0.25) is 0 Å². The third-order valence-electron chi connectivity index (χ3n) is 2.22. The van der Waals surface area contributed by atoms with Crippen molar-refractivity contribution >= 4 is 5.69 Å². The third kappa shape index (κ3) is 2.68. The average Bonchev–Trinajstić information content (AvgIpc) is 2.69. The summed E-state index contributed by atoms with van der Waals surface area (Å²) in [5.74, 6) is -0.195. The lowest BCUT2D eigenvalue weighted by atomic mass is 10.3. The van der Waals surface area contributed by atoms with Gasteiger partial charge in [-0.1, -0.05) is 6.08 Å². The summed E-state index contributed by atoms with van der Waals surface area (Å²) in [7, 11) is 0. The summed E-state index contributed by atoms with van der Waals surface area (Å²) in [5, 5.41) is 0. The molecule has 0 bridgehead atoms.